The lowest BCUT2D eigenvalue weighted by Crippen LogP contribution is -2.38. The maximum Gasteiger partial charge on any atom is 0.242 e. The molecule has 1 amide bonds. The predicted molar refractivity (Wildman–Crippen MR) is 67.3 cm³/mol. The van der Waals surface area contributed by atoms with Gasteiger partial charge in [0.05, 0.1) is 7.11 Å². The number of rotatable bonds is 5. The average Bonchev–Trinajstić information content (AvgIpc) is 3.03. The van der Waals surface area contributed by atoms with E-state index in [2.05, 4.69) is 15.0 Å². The molecule has 1 heterocycles. The number of nitrogen functional groups attached to an aromatic ring is 1. The van der Waals surface area contributed by atoms with Crippen molar-refractivity contribution >= 4 is 28.3 Å². The first-order valence-corrected chi connectivity index (χ1v) is 6.25. The standard InChI is InChI=1S/C10H16N4O2S/c1-5(9(15)13-6-3-4-6)12-10-7(16-2)8(11)14-17-10/h5-6,12H,3-4H2,1-2H3,(H2,11,14)(H,13,15). The molecule has 0 saturated heterocycles. The van der Waals surface area contributed by atoms with Crippen molar-refractivity contribution in [3.8, 4) is 5.75 Å². The Labute approximate surface area is 104 Å². The number of nitrogens with zero attached hydrogens (tertiary/aromatic N) is 1. The number of ether oxygens (including phenoxy) is 1. The van der Waals surface area contributed by atoms with E-state index in [0.717, 1.165) is 12.8 Å². The molecule has 1 atom stereocenters. The second kappa shape index (κ2) is 4.79. The molecule has 2 rings (SSSR count). The van der Waals surface area contributed by atoms with E-state index in [-0.39, 0.29) is 11.9 Å². The minimum atomic E-state index is -0.329. The lowest BCUT2D eigenvalue weighted by Gasteiger charge is -2.14. The Hall–Kier alpha value is -1.50. The summed E-state index contributed by atoms with van der Waals surface area (Å²) in [6.45, 7) is 1.80. The van der Waals surface area contributed by atoms with E-state index in [1.807, 2.05) is 0 Å². The molecule has 1 saturated carbocycles. The van der Waals surface area contributed by atoms with Crippen molar-refractivity contribution < 1.29 is 9.53 Å². The Morgan fingerprint density at radius 1 is 1.65 bits per heavy atom. The Morgan fingerprint density at radius 3 is 2.94 bits per heavy atom. The third-order valence-electron chi connectivity index (χ3n) is 2.54. The topological polar surface area (TPSA) is 89.3 Å². The van der Waals surface area contributed by atoms with E-state index in [9.17, 15) is 4.79 Å². The highest BCUT2D eigenvalue weighted by atomic mass is 32.1. The van der Waals surface area contributed by atoms with E-state index in [0.29, 0.717) is 22.6 Å². The molecule has 1 aliphatic carbocycles. The zero-order valence-electron chi connectivity index (χ0n) is 9.82. The molecule has 1 aromatic rings. The van der Waals surface area contributed by atoms with E-state index < -0.39 is 0 Å². The third kappa shape index (κ3) is 2.79. The molecule has 1 aliphatic rings. The van der Waals surface area contributed by atoms with Crippen LogP contribution in [-0.2, 0) is 4.79 Å². The zero-order chi connectivity index (χ0) is 12.4. The number of methoxy groups -OCH3 is 1. The lowest BCUT2D eigenvalue weighted by molar-refractivity contribution is -0.121. The Bertz CT molecular complexity index is 416. The van der Waals surface area contributed by atoms with E-state index in [1.165, 1.54) is 18.6 Å². The number of hydrogen-bond donors (Lipinski definition) is 3. The van der Waals surface area contributed by atoms with Gasteiger partial charge in [-0.05, 0) is 31.3 Å². The van der Waals surface area contributed by atoms with Gasteiger partial charge in [-0.25, -0.2) is 0 Å². The first-order valence-electron chi connectivity index (χ1n) is 5.48. The summed E-state index contributed by atoms with van der Waals surface area (Å²) in [4.78, 5) is 11.7. The monoisotopic (exact) mass is 256 g/mol. The van der Waals surface area contributed by atoms with Gasteiger partial charge in [-0.3, -0.25) is 4.79 Å². The number of amides is 1. The van der Waals surface area contributed by atoms with Crippen LogP contribution >= 0.6 is 11.5 Å². The van der Waals surface area contributed by atoms with Crippen molar-refractivity contribution in [2.75, 3.05) is 18.2 Å². The van der Waals surface area contributed by atoms with Gasteiger partial charge in [0.2, 0.25) is 5.91 Å². The lowest BCUT2D eigenvalue weighted by atomic mass is 10.3. The van der Waals surface area contributed by atoms with E-state index >= 15 is 0 Å². The third-order valence-corrected chi connectivity index (χ3v) is 3.32. The van der Waals surface area contributed by atoms with Crippen LogP contribution in [-0.4, -0.2) is 29.5 Å². The molecule has 1 unspecified atom stereocenters. The van der Waals surface area contributed by atoms with Crippen LogP contribution in [0.4, 0.5) is 10.8 Å². The summed E-state index contributed by atoms with van der Waals surface area (Å²) in [5.74, 6) is 0.831. The first kappa shape index (κ1) is 12.0. The van der Waals surface area contributed by atoms with Crippen LogP contribution in [0, 0.1) is 0 Å². The number of carbonyl (C=O) groups is 1. The molecular formula is C10H16N4O2S. The summed E-state index contributed by atoms with van der Waals surface area (Å²) in [6, 6.07) is 0.0320. The summed E-state index contributed by atoms with van der Waals surface area (Å²) in [5.41, 5.74) is 5.63. The second-order valence-electron chi connectivity index (χ2n) is 4.08. The molecule has 0 radical (unpaired) electrons. The number of anilines is 2. The fourth-order valence-corrected chi connectivity index (χ4v) is 2.17. The van der Waals surface area contributed by atoms with Gasteiger partial charge in [-0.1, -0.05) is 0 Å². The molecule has 0 aromatic carbocycles. The van der Waals surface area contributed by atoms with Crippen molar-refractivity contribution in [2.24, 2.45) is 0 Å². The quantitative estimate of drug-likeness (QED) is 0.725. The number of nitrogens with one attached hydrogen (secondary N) is 2. The minimum Gasteiger partial charge on any atom is -0.490 e. The molecule has 17 heavy (non-hydrogen) atoms. The van der Waals surface area contributed by atoms with Crippen LogP contribution in [0.25, 0.3) is 0 Å². The molecule has 0 spiro atoms. The van der Waals surface area contributed by atoms with Crippen LogP contribution in [0.2, 0.25) is 0 Å². The highest BCUT2D eigenvalue weighted by Gasteiger charge is 2.26. The van der Waals surface area contributed by atoms with E-state index in [1.54, 1.807) is 6.92 Å². The Morgan fingerprint density at radius 2 is 2.35 bits per heavy atom. The van der Waals surface area contributed by atoms with Crippen molar-refractivity contribution in [1.29, 1.82) is 0 Å². The van der Waals surface area contributed by atoms with Gasteiger partial charge in [-0.2, -0.15) is 4.37 Å². The SMILES string of the molecule is COc1c(N)nsc1NC(C)C(=O)NC1CC1. The van der Waals surface area contributed by atoms with Crippen molar-refractivity contribution in [3.05, 3.63) is 0 Å². The van der Waals surface area contributed by atoms with Gasteiger partial charge in [0.25, 0.3) is 0 Å². The molecule has 6 nitrogen and oxygen atoms in total. The average molecular weight is 256 g/mol. The van der Waals surface area contributed by atoms with Gasteiger partial charge >= 0.3 is 0 Å². The van der Waals surface area contributed by atoms with E-state index in [4.69, 9.17) is 10.5 Å². The van der Waals surface area contributed by atoms with Crippen molar-refractivity contribution in [2.45, 2.75) is 31.8 Å². The number of aromatic nitrogens is 1. The number of hydrogen-bond acceptors (Lipinski definition) is 6. The molecule has 1 aromatic heterocycles. The highest BCUT2D eigenvalue weighted by Crippen LogP contribution is 2.35. The zero-order valence-corrected chi connectivity index (χ0v) is 10.6. The molecule has 94 valence electrons. The molecule has 1 fully saturated rings. The van der Waals surface area contributed by atoms with Gasteiger partial charge in [0.15, 0.2) is 16.6 Å². The predicted octanol–water partition coefficient (Wildman–Crippen LogP) is 0.813. The number of carbonyl (C=O) groups excluding carboxylic acids is 1. The van der Waals surface area contributed by atoms with Gasteiger partial charge in [0, 0.05) is 6.04 Å². The van der Waals surface area contributed by atoms with Crippen LogP contribution in [0.3, 0.4) is 0 Å². The Kier molecular flexibility index (Phi) is 3.37. The summed E-state index contributed by atoms with van der Waals surface area (Å²) in [5, 5.41) is 6.67. The van der Waals surface area contributed by atoms with Crippen molar-refractivity contribution in [1.82, 2.24) is 9.69 Å². The molecule has 0 bridgehead atoms. The minimum absolute atomic E-state index is 0.0125. The molecule has 0 aliphatic heterocycles. The molecule has 4 N–H and O–H groups in total. The van der Waals surface area contributed by atoms with Crippen LogP contribution < -0.4 is 21.1 Å². The summed E-state index contributed by atoms with van der Waals surface area (Å²) < 4.78 is 9.09. The summed E-state index contributed by atoms with van der Waals surface area (Å²) in [7, 11) is 1.53. The second-order valence-corrected chi connectivity index (χ2v) is 4.85. The van der Waals surface area contributed by atoms with Crippen molar-refractivity contribution in [3.63, 3.8) is 0 Å². The summed E-state index contributed by atoms with van der Waals surface area (Å²) in [6.07, 6.45) is 2.16. The first-order chi connectivity index (χ1) is 8.11. The molecular weight excluding hydrogens is 240 g/mol. The number of nitrogens with two attached hydrogens (primary N) is 1. The Balaban J connectivity index is 1.96. The normalized spacial score (nSPS) is 16.4. The summed E-state index contributed by atoms with van der Waals surface area (Å²) >= 11 is 1.19. The largest absolute Gasteiger partial charge is 0.490 e. The smallest absolute Gasteiger partial charge is 0.242 e. The fraction of sp³-hybridized carbons (Fsp3) is 0.600. The van der Waals surface area contributed by atoms with Gasteiger partial charge < -0.3 is 21.1 Å². The highest BCUT2D eigenvalue weighted by molar-refractivity contribution is 7.11. The van der Waals surface area contributed by atoms with Gasteiger partial charge in [-0.15, -0.1) is 0 Å². The maximum absolute atomic E-state index is 11.7. The van der Waals surface area contributed by atoms with Crippen LogP contribution in [0.5, 0.6) is 5.75 Å². The van der Waals surface area contributed by atoms with Gasteiger partial charge in [0.1, 0.15) is 6.04 Å². The molecule has 7 heteroatoms. The van der Waals surface area contributed by atoms with Crippen LogP contribution in [0.1, 0.15) is 19.8 Å². The maximum atomic E-state index is 11.7. The fourth-order valence-electron chi connectivity index (χ4n) is 1.40. The van der Waals surface area contributed by atoms with Crippen LogP contribution in [0.15, 0.2) is 0 Å².